The summed E-state index contributed by atoms with van der Waals surface area (Å²) in [7, 11) is -3.82. The van der Waals surface area contributed by atoms with Crippen LogP contribution in [0.15, 0.2) is 35.7 Å². The Morgan fingerprint density at radius 1 is 1.40 bits per heavy atom. The van der Waals surface area contributed by atoms with Gasteiger partial charge >= 0.3 is 0 Å². The van der Waals surface area contributed by atoms with Gasteiger partial charge in [-0.1, -0.05) is 30.3 Å². The van der Waals surface area contributed by atoms with Crippen LogP contribution >= 0.6 is 11.8 Å². The Labute approximate surface area is 123 Å². The molecule has 0 aliphatic heterocycles. The number of rotatable bonds is 8. The van der Waals surface area contributed by atoms with Gasteiger partial charge in [-0.3, -0.25) is 0 Å². The molecule has 0 fully saturated rings. The molecule has 0 aliphatic rings. The number of thioether (sulfide) groups is 1. The topological polar surface area (TPSA) is 86.3 Å². The maximum absolute atomic E-state index is 11.8. The van der Waals surface area contributed by atoms with E-state index in [1.54, 1.807) is 24.3 Å². The van der Waals surface area contributed by atoms with Crippen LogP contribution in [0, 0.1) is 0 Å². The van der Waals surface area contributed by atoms with Crippen molar-refractivity contribution in [2.45, 2.75) is 12.5 Å². The second-order valence-electron chi connectivity index (χ2n) is 4.03. The summed E-state index contributed by atoms with van der Waals surface area (Å²) in [6, 6.07) is 7.66. The third kappa shape index (κ3) is 6.23. The molecular formula is C13H16NO4S2-. The molecule has 1 atom stereocenters. The van der Waals surface area contributed by atoms with Gasteiger partial charge in [0.1, 0.15) is 0 Å². The van der Waals surface area contributed by atoms with E-state index in [9.17, 15) is 18.3 Å². The number of nitrogens with one attached hydrogen (secondary N) is 1. The fourth-order valence-electron chi connectivity index (χ4n) is 1.43. The Morgan fingerprint density at radius 3 is 2.60 bits per heavy atom. The van der Waals surface area contributed by atoms with E-state index >= 15 is 0 Å². The number of carboxylic acids is 1. The molecule has 0 saturated heterocycles. The van der Waals surface area contributed by atoms with Gasteiger partial charge < -0.3 is 9.90 Å². The Hall–Kier alpha value is -1.31. The normalized spacial score (nSPS) is 13.4. The zero-order chi connectivity index (χ0) is 15.0. The number of sulfonamides is 1. The molecule has 5 nitrogen and oxygen atoms in total. The lowest BCUT2D eigenvalue weighted by atomic mass is 10.2. The van der Waals surface area contributed by atoms with Crippen molar-refractivity contribution in [3.8, 4) is 0 Å². The van der Waals surface area contributed by atoms with Crippen molar-refractivity contribution >= 4 is 33.8 Å². The van der Waals surface area contributed by atoms with Crippen molar-refractivity contribution in [2.75, 3.05) is 12.0 Å². The quantitative estimate of drug-likeness (QED) is 0.753. The summed E-state index contributed by atoms with van der Waals surface area (Å²) in [5.41, 5.74) is 0.715. The van der Waals surface area contributed by atoms with Crippen LogP contribution in [0.2, 0.25) is 0 Å². The van der Waals surface area contributed by atoms with Gasteiger partial charge in [-0.05, 0) is 30.1 Å². The van der Waals surface area contributed by atoms with E-state index in [0.29, 0.717) is 11.3 Å². The molecule has 0 spiro atoms. The molecule has 20 heavy (non-hydrogen) atoms. The number of carbonyl (C=O) groups is 1. The summed E-state index contributed by atoms with van der Waals surface area (Å²) < 4.78 is 25.7. The van der Waals surface area contributed by atoms with Crippen molar-refractivity contribution in [2.24, 2.45) is 0 Å². The van der Waals surface area contributed by atoms with Crippen molar-refractivity contribution < 1.29 is 18.3 Å². The van der Waals surface area contributed by atoms with Gasteiger partial charge in [-0.25, -0.2) is 13.1 Å². The van der Waals surface area contributed by atoms with Gasteiger partial charge in [-0.15, -0.1) is 0 Å². The largest absolute Gasteiger partial charge is 0.548 e. The molecule has 1 rings (SSSR count). The van der Waals surface area contributed by atoms with Gasteiger partial charge in [0.2, 0.25) is 10.0 Å². The monoisotopic (exact) mass is 314 g/mol. The molecule has 7 heteroatoms. The van der Waals surface area contributed by atoms with Gasteiger partial charge in [0.25, 0.3) is 0 Å². The zero-order valence-corrected chi connectivity index (χ0v) is 12.6. The molecule has 0 heterocycles. The van der Waals surface area contributed by atoms with Crippen LogP contribution in [0.4, 0.5) is 0 Å². The Balaban J connectivity index is 2.72. The minimum Gasteiger partial charge on any atom is -0.548 e. The minimum absolute atomic E-state index is 0.182. The summed E-state index contributed by atoms with van der Waals surface area (Å²) in [5.74, 6) is -0.889. The lowest BCUT2D eigenvalue weighted by Crippen LogP contribution is -2.47. The van der Waals surface area contributed by atoms with Crippen LogP contribution in [0.5, 0.6) is 0 Å². The molecule has 0 amide bonds. The van der Waals surface area contributed by atoms with Gasteiger partial charge in [-0.2, -0.15) is 11.8 Å². The summed E-state index contributed by atoms with van der Waals surface area (Å²) in [5, 5.41) is 11.8. The average molecular weight is 314 g/mol. The summed E-state index contributed by atoms with van der Waals surface area (Å²) in [4.78, 5) is 10.9. The average Bonchev–Trinajstić information content (AvgIpc) is 2.42. The van der Waals surface area contributed by atoms with Crippen LogP contribution in [-0.4, -0.2) is 32.4 Å². The molecule has 110 valence electrons. The molecular weight excluding hydrogens is 298 g/mol. The van der Waals surface area contributed by atoms with Crippen LogP contribution in [-0.2, 0) is 14.8 Å². The number of aliphatic carboxylic acids is 1. The number of carboxylic acid groups (broad SMARTS) is 1. The molecule has 0 aromatic heterocycles. The lowest BCUT2D eigenvalue weighted by molar-refractivity contribution is -0.308. The highest BCUT2D eigenvalue weighted by molar-refractivity contribution is 7.98. The number of hydrogen-bond donors (Lipinski definition) is 1. The van der Waals surface area contributed by atoms with Crippen molar-refractivity contribution in [3.05, 3.63) is 41.3 Å². The highest BCUT2D eigenvalue weighted by Gasteiger charge is 2.16. The summed E-state index contributed by atoms with van der Waals surface area (Å²) in [6.07, 6.45) is 3.40. The number of carbonyl (C=O) groups excluding carboxylic acids is 1. The highest BCUT2D eigenvalue weighted by Crippen LogP contribution is 2.05. The summed E-state index contributed by atoms with van der Waals surface area (Å²) in [6.45, 7) is 0. The van der Waals surface area contributed by atoms with Crippen molar-refractivity contribution in [3.63, 3.8) is 0 Å². The second-order valence-corrected chi connectivity index (χ2v) is 6.61. The molecule has 0 bridgehead atoms. The van der Waals surface area contributed by atoms with E-state index in [1.807, 2.05) is 12.3 Å². The Kier molecular flexibility index (Phi) is 6.77. The molecule has 0 aliphatic carbocycles. The highest BCUT2D eigenvalue weighted by atomic mass is 32.2. The first-order valence-corrected chi connectivity index (χ1v) is 8.84. The minimum atomic E-state index is -3.82. The number of benzene rings is 1. The van der Waals surface area contributed by atoms with E-state index in [4.69, 9.17) is 0 Å². The third-order valence-corrected chi connectivity index (χ3v) is 4.19. The fraction of sp³-hybridized carbons (Fsp3) is 0.308. The van der Waals surface area contributed by atoms with E-state index in [-0.39, 0.29) is 6.42 Å². The fourth-order valence-corrected chi connectivity index (χ4v) is 2.93. The van der Waals surface area contributed by atoms with Crippen molar-refractivity contribution in [1.29, 1.82) is 0 Å². The first-order chi connectivity index (χ1) is 9.44. The first-order valence-electron chi connectivity index (χ1n) is 5.90. The van der Waals surface area contributed by atoms with E-state index in [1.165, 1.54) is 17.8 Å². The second kappa shape index (κ2) is 8.08. The SMILES string of the molecule is CSCC[C@@H](NS(=O)(=O)/C=C/c1ccccc1)C(=O)[O-]. The van der Waals surface area contributed by atoms with Crippen LogP contribution in [0.1, 0.15) is 12.0 Å². The van der Waals surface area contributed by atoms with E-state index < -0.39 is 22.0 Å². The maximum Gasteiger partial charge on any atom is 0.234 e. The Morgan fingerprint density at radius 2 is 2.05 bits per heavy atom. The Bertz CT molecular complexity index is 555. The zero-order valence-electron chi connectivity index (χ0n) is 11.0. The van der Waals surface area contributed by atoms with E-state index in [0.717, 1.165) is 5.41 Å². The van der Waals surface area contributed by atoms with Gasteiger partial charge in [0, 0.05) is 5.41 Å². The maximum atomic E-state index is 11.8. The van der Waals surface area contributed by atoms with Gasteiger partial charge in [0.05, 0.1) is 12.0 Å². The van der Waals surface area contributed by atoms with Crippen molar-refractivity contribution in [1.82, 2.24) is 4.72 Å². The molecule has 1 aromatic rings. The smallest absolute Gasteiger partial charge is 0.234 e. The third-order valence-electron chi connectivity index (χ3n) is 2.44. The van der Waals surface area contributed by atoms with Crippen LogP contribution in [0.25, 0.3) is 6.08 Å². The molecule has 1 aromatic carbocycles. The van der Waals surface area contributed by atoms with E-state index in [2.05, 4.69) is 4.72 Å². The lowest BCUT2D eigenvalue weighted by Gasteiger charge is -2.17. The number of hydrogen-bond acceptors (Lipinski definition) is 5. The summed E-state index contributed by atoms with van der Waals surface area (Å²) >= 11 is 1.44. The van der Waals surface area contributed by atoms with Crippen LogP contribution in [0.3, 0.4) is 0 Å². The molecule has 0 unspecified atom stereocenters. The molecule has 0 radical (unpaired) electrons. The molecule has 0 saturated carbocycles. The van der Waals surface area contributed by atoms with Crippen LogP contribution < -0.4 is 9.83 Å². The first kappa shape index (κ1) is 16.7. The van der Waals surface area contributed by atoms with Gasteiger partial charge in [0.15, 0.2) is 0 Å². The standard InChI is InChI=1S/C13H17NO4S2/c1-19-9-7-12(13(15)16)14-20(17,18)10-8-11-5-3-2-4-6-11/h2-6,8,10,12,14H,7,9H2,1H3,(H,15,16)/p-1/b10-8+/t12-/m1/s1. The predicted molar refractivity (Wildman–Crippen MR) is 79.3 cm³/mol. The predicted octanol–water partition coefficient (Wildman–Crippen LogP) is 0.448. The molecule has 1 N–H and O–H groups in total.